The molecule has 7 nitrogen and oxygen atoms in total. The highest BCUT2D eigenvalue weighted by molar-refractivity contribution is 7.82. The van der Waals surface area contributed by atoms with Gasteiger partial charge in [0, 0.05) is 22.9 Å². The second kappa shape index (κ2) is 10.8. The van der Waals surface area contributed by atoms with Gasteiger partial charge in [-0.25, -0.2) is 18.9 Å². The monoisotopic (exact) mass is 627 g/mol. The lowest BCUT2D eigenvalue weighted by Gasteiger charge is -2.22. The number of carbonyl (C=O) groups is 1. The van der Waals surface area contributed by atoms with Crippen LogP contribution in [0.3, 0.4) is 0 Å². The molecule has 43 heavy (non-hydrogen) atoms. The van der Waals surface area contributed by atoms with E-state index in [4.69, 9.17) is 5.14 Å². The summed E-state index contributed by atoms with van der Waals surface area (Å²) in [6, 6.07) is 20.5. The molecule has 0 saturated heterocycles. The fourth-order valence-corrected chi connectivity index (χ4v) is 6.49. The van der Waals surface area contributed by atoms with E-state index < -0.39 is 34.4 Å². The Labute approximate surface area is 249 Å². The molecule has 3 N–H and O–H groups in total. The number of carboxylic acid groups (broad SMARTS) is 1. The topological polar surface area (TPSA) is 111 Å². The number of nitrogens with zero attached hydrogens (tertiary/aromatic N) is 3. The van der Waals surface area contributed by atoms with Crippen LogP contribution in [-0.2, 0) is 27.0 Å². The van der Waals surface area contributed by atoms with E-state index in [0.29, 0.717) is 11.1 Å². The van der Waals surface area contributed by atoms with Gasteiger partial charge in [-0.3, -0.25) is 0 Å². The number of halogens is 4. The highest BCUT2D eigenvalue weighted by Crippen LogP contribution is 2.61. The maximum absolute atomic E-state index is 14.8. The first kappa shape index (κ1) is 28.9. The van der Waals surface area contributed by atoms with Gasteiger partial charge in [0.05, 0.1) is 11.4 Å². The van der Waals surface area contributed by atoms with Crippen LogP contribution in [0.1, 0.15) is 40.2 Å². The summed E-state index contributed by atoms with van der Waals surface area (Å²) in [4.78, 5) is 15.5. The van der Waals surface area contributed by atoms with Crippen molar-refractivity contribution in [2.24, 2.45) is 5.14 Å². The maximum Gasteiger partial charge on any atom is 0.399 e. The van der Waals surface area contributed by atoms with Gasteiger partial charge in [0.25, 0.3) is 0 Å². The molecule has 13 heteroatoms. The minimum atomic E-state index is -4.65. The lowest BCUT2D eigenvalue weighted by atomic mass is 9.90. The van der Waals surface area contributed by atoms with Gasteiger partial charge >= 0.3 is 12.1 Å². The van der Waals surface area contributed by atoms with E-state index in [0.717, 1.165) is 33.2 Å². The summed E-state index contributed by atoms with van der Waals surface area (Å²) in [7, 11) is -2.46. The highest BCUT2D eigenvalue weighted by atomic mass is 32.2. The van der Waals surface area contributed by atoms with Crippen molar-refractivity contribution in [1.82, 2.24) is 14.8 Å². The number of aromatic carboxylic acids is 1. The van der Waals surface area contributed by atoms with Crippen LogP contribution in [0.5, 0.6) is 0 Å². The lowest BCUT2D eigenvalue weighted by Crippen LogP contribution is -2.32. The Kier molecular flexibility index (Phi) is 7.27. The third kappa shape index (κ3) is 5.28. The van der Waals surface area contributed by atoms with Crippen molar-refractivity contribution in [1.29, 1.82) is 0 Å². The van der Waals surface area contributed by atoms with Crippen molar-refractivity contribution in [3.63, 3.8) is 0 Å². The Hall–Kier alpha value is -4.20. The smallest absolute Gasteiger partial charge is 0.399 e. The predicted molar refractivity (Wildman–Crippen MR) is 155 cm³/mol. The molecule has 2 aromatic heterocycles. The summed E-state index contributed by atoms with van der Waals surface area (Å²) in [5.74, 6) is -2.15. The Morgan fingerprint density at radius 3 is 2.33 bits per heavy atom. The molecule has 6 rings (SSSR count). The molecule has 2 heterocycles. The van der Waals surface area contributed by atoms with Gasteiger partial charge in [0.15, 0.2) is 22.5 Å². The van der Waals surface area contributed by atoms with Crippen molar-refractivity contribution < 1.29 is 31.7 Å². The normalized spacial score (nSPS) is 14.9. The van der Waals surface area contributed by atoms with Gasteiger partial charge < -0.3 is 5.11 Å². The Bertz CT molecular complexity index is 1880. The molecule has 5 aromatic rings. The summed E-state index contributed by atoms with van der Waals surface area (Å²) in [5.41, 5.74) is 0.233. The van der Waals surface area contributed by atoms with Crippen LogP contribution in [0.4, 0.5) is 17.6 Å². The minimum Gasteiger partial charge on any atom is -0.476 e. The first-order valence-electron chi connectivity index (χ1n) is 13.0. The summed E-state index contributed by atoms with van der Waals surface area (Å²) >= 11 is 0.866. The van der Waals surface area contributed by atoms with Crippen molar-refractivity contribution in [2.45, 2.75) is 35.7 Å². The zero-order valence-corrected chi connectivity index (χ0v) is 23.9. The Morgan fingerprint density at radius 1 is 1.02 bits per heavy atom. The van der Waals surface area contributed by atoms with E-state index in [2.05, 4.69) is 10.1 Å². The highest BCUT2D eigenvalue weighted by Gasteiger charge is 2.67. The molecule has 1 unspecified atom stereocenters. The van der Waals surface area contributed by atoms with Crippen LogP contribution in [0.15, 0.2) is 83.1 Å². The SMILES string of the molecule is N[SH+](=O)c1ccc(Cc2c(-c3cccc(-c4ccccc4)c3)nn(-c3nc(C(=O)O)cs3)c2C2(C(F)(F)F)CC2)cc1F. The van der Waals surface area contributed by atoms with E-state index in [1.165, 1.54) is 17.5 Å². The summed E-state index contributed by atoms with van der Waals surface area (Å²) in [6.45, 7) is 0. The molecule has 0 aliphatic heterocycles. The number of hydrogen-bond donors (Lipinski definition) is 2. The average molecular weight is 628 g/mol. The van der Waals surface area contributed by atoms with Crippen LogP contribution in [-0.4, -0.2) is 32.0 Å². The molecule has 1 aliphatic carbocycles. The second-order valence-corrected chi connectivity index (χ2v) is 12.2. The number of thiol groups is 1. The average Bonchev–Trinajstić information content (AvgIpc) is 3.48. The summed E-state index contributed by atoms with van der Waals surface area (Å²) in [5, 5.41) is 20.7. The predicted octanol–water partition coefficient (Wildman–Crippen LogP) is 6.61. The number of rotatable bonds is 8. The number of aromatic nitrogens is 3. The van der Waals surface area contributed by atoms with Crippen molar-refractivity contribution in [3.05, 3.63) is 107 Å². The van der Waals surface area contributed by atoms with Crippen molar-refractivity contribution in [3.8, 4) is 27.5 Å². The van der Waals surface area contributed by atoms with Gasteiger partial charge in [0.1, 0.15) is 5.41 Å². The molecule has 3 aromatic carbocycles. The molecule has 1 saturated carbocycles. The second-order valence-electron chi connectivity index (χ2n) is 10.2. The van der Waals surface area contributed by atoms with Crippen LogP contribution in [0.25, 0.3) is 27.5 Å². The van der Waals surface area contributed by atoms with Crippen molar-refractivity contribution in [2.75, 3.05) is 0 Å². The number of benzene rings is 3. The molecule has 1 aliphatic rings. The van der Waals surface area contributed by atoms with Crippen LogP contribution >= 0.6 is 11.3 Å². The Morgan fingerprint density at radius 2 is 1.72 bits per heavy atom. The van der Waals surface area contributed by atoms with Gasteiger partial charge in [-0.05, 0) is 47.7 Å². The molecule has 0 spiro atoms. The van der Waals surface area contributed by atoms with E-state index in [-0.39, 0.29) is 51.9 Å². The van der Waals surface area contributed by atoms with E-state index in [9.17, 15) is 31.7 Å². The van der Waals surface area contributed by atoms with Gasteiger partial charge in [-0.1, -0.05) is 58.8 Å². The summed E-state index contributed by atoms with van der Waals surface area (Å²) in [6.07, 6.45) is -5.19. The van der Waals surface area contributed by atoms with Crippen LogP contribution < -0.4 is 5.14 Å². The van der Waals surface area contributed by atoms with Crippen LogP contribution in [0, 0.1) is 5.82 Å². The number of alkyl halides is 3. The minimum absolute atomic E-state index is 0.0312. The summed E-state index contributed by atoms with van der Waals surface area (Å²) < 4.78 is 72.0. The molecule has 0 bridgehead atoms. The zero-order valence-electron chi connectivity index (χ0n) is 22.2. The quantitative estimate of drug-likeness (QED) is 0.114. The first-order valence-corrected chi connectivity index (χ1v) is 15.2. The fourth-order valence-electron chi connectivity index (χ4n) is 5.24. The fraction of sp³-hybridized carbons (Fsp3) is 0.167. The molecule has 220 valence electrons. The molecule has 0 radical (unpaired) electrons. The standard InChI is InChI=1S/C30H22F4N4O3S2/c31-22-14-17(9-10-24(22)43(35)41)13-21-25(20-8-4-7-19(15-20)18-5-2-1-3-6-18)37-38(28-36-23(16-42-28)27(39)40)26(21)29(11-12-29)30(32,33)34/h1-10,14-16H,11-13H2,(H2,35,41)(H,39,40)/p+1. The van der Waals surface area contributed by atoms with E-state index in [1.54, 1.807) is 12.1 Å². The third-order valence-corrected chi connectivity index (χ3v) is 9.15. The molecule has 0 amide bonds. The maximum atomic E-state index is 14.8. The van der Waals surface area contributed by atoms with Crippen LogP contribution in [0.2, 0.25) is 0 Å². The number of thiazole rings is 1. The molecular weight excluding hydrogens is 604 g/mol. The van der Waals surface area contributed by atoms with E-state index in [1.807, 2.05) is 42.5 Å². The van der Waals surface area contributed by atoms with E-state index >= 15 is 0 Å². The largest absolute Gasteiger partial charge is 0.476 e. The molecule has 1 fully saturated rings. The molecular formula is C30H23F4N4O3S2+. The molecule has 1 atom stereocenters. The number of carboxylic acids is 1. The van der Waals surface area contributed by atoms with Gasteiger partial charge in [0.2, 0.25) is 10.0 Å². The zero-order chi connectivity index (χ0) is 30.5. The third-order valence-electron chi connectivity index (χ3n) is 7.50. The van der Waals surface area contributed by atoms with Gasteiger partial charge in [-0.2, -0.15) is 18.3 Å². The van der Waals surface area contributed by atoms with Crippen molar-refractivity contribution >= 4 is 28.3 Å². The van der Waals surface area contributed by atoms with Gasteiger partial charge in [-0.15, -0.1) is 16.5 Å². The lowest BCUT2D eigenvalue weighted by molar-refractivity contribution is -0.162. The Balaban J connectivity index is 1.61. The number of nitrogens with two attached hydrogens (primary N) is 1. The first-order chi connectivity index (χ1) is 20.5. The number of hydrogen-bond acceptors (Lipinski definition) is 5.